The third kappa shape index (κ3) is 5.64. The third-order valence-electron chi connectivity index (χ3n) is 7.17. The van der Waals surface area contributed by atoms with Gasteiger partial charge in [0.05, 0.1) is 0 Å². The lowest BCUT2D eigenvalue weighted by Gasteiger charge is -2.31. The summed E-state index contributed by atoms with van der Waals surface area (Å²) in [5.41, 5.74) is 4.09. The van der Waals surface area contributed by atoms with Gasteiger partial charge in [0.25, 0.3) is 11.8 Å². The van der Waals surface area contributed by atoms with Gasteiger partial charge in [0.2, 0.25) is 11.8 Å². The summed E-state index contributed by atoms with van der Waals surface area (Å²) in [6.07, 6.45) is 0.841. The van der Waals surface area contributed by atoms with Gasteiger partial charge < -0.3 is 19.9 Å². The minimum absolute atomic E-state index is 0.204. The van der Waals surface area contributed by atoms with Crippen molar-refractivity contribution in [2.45, 2.75) is 71.3 Å². The molecule has 1 atom stereocenters. The number of carbonyl (C=O) groups excluding carboxylic acids is 5. The highest BCUT2D eigenvalue weighted by molar-refractivity contribution is 6.05. The van der Waals surface area contributed by atoms with Crippen LogP contribution >= 0.6 is 0 Å². The first-order valence-corrected chi connectivity index (χ1v) is 13.1. The molecule has 1 unspecified atom stereocenters. The molecule has 1 saturated heterocycles. The molecule has 0 saturated carbocycles. The Kier molecular flexibility index (Phi) is 6.88. The molecule has 3 aliphatic heterocycles. The maximum atomic E-state index is 13.0. The smallest absolute Gasteiger partial charge is 0.410 e. The van der Waals surface area contributed by atoms with E-state index in [1.807, 2.05) is 39.0 Å². The second-order valence-electron chi connectivity index (χ2n) is 11.2. The van der Waals surface area contributed by atoms with Gasteiger partial charge in [-0.15, -0.1) is 0 Å². The first-order valence-electron chi connectivity index (χ1n) is 13.1. The van der Waals surface area contributed by atoms with Crippen molar-refractivity contribution in [1.29, 1.82) is 0 Å². The highest BCUT2D eigenvalue weighted by Gasteiger charge is 2.39. The Balaban J connectivity index is 1.21. The molecule has 10 nitrogen and oxygen atoms in total. The van der Waals surface area contributed by atoms with E-state index in [0.29, 0.717) is 37.1 Å². The normalized spacial score (nSPS) is 18.8. The predicted molar refractivity (Wildman–Crippen MR) is 140 cm³/mol. The van der Waals surface area contributed by atoms with Crippen LogP contribution in [0.25, 0.3) is 0 Å². The van der Waals surface area contributed by atoms with Crippen LogP contribution in [-0.4, -0.2) is 57.7 Å². The van der Waals surface area contributed by atoms with E-state index < -0.39 is 17.6 Å². The number of hydrogen-bond acceptors (Lipinski definition) is 6. The van der Waals surface area contributed by atoms with Gasteiger partial charge in [-0.1, -0.05) is 18.2 Å². The Labute approximate surface area is 226 Å². The van der Waals surface area contributed by atoms with E-state index in [1.165, 1.54) is 4.90 Å². The number of amides is 5. The summed E-state index contributed by atoms with van der Waals surface area (Å²) in [7, 11) is 0. The van der Waals surface area contributed by atoms with E-state index in [2.05, 4.69) is 10.6 Å². The number of carbonyl (C=O) groups is 5. The van der Waals surface area contributed by atoms with Crippen LogP contribution in [0.4, 0.5) is 4.79 Å². The molecule has 0 spiro atoms. The molecular formula is C29H32N4O6. The van der Waals surface area contributed by atoms with Crippen LogP contribution in [0.1, 0.15) is 76.6 Å². The number of nitrogens with one attached hydrogen (secondary N) is 2. The van der Waals surface area contributed by atoms with Crippen LogP contribution in [0.15, 0.2) is 36.4 Å². The largest absolute Gasteiger partial charge is 0.444 e. The van der Waals surface area contributed by atoms with Gasteiger partial charge in [-0.3, -0.25) is 24.5 Å². The lowest BCUT2D eigenvalue weighted by molar-refractivity contribution is -0.136. The SMILES string of the molecule is CC(C)(C)OC(=O)N1CCc2ccc(C(=O)NCc3ccc4c(c3)CN(C3CCC(=O)NC3=O)C4=O)cc2C1. The predicted octanol–water partition coefficient (Wildman–Crippen LogP) is 2.67. The standard InChI is InChI=1S/C29H32N4O6/c1-29(2,3)39-28(38)32-11-10-18-5-6-19(13-20(18)15-32)25(35)30-14-17-4-7-22-21(12-17)16-33(27(22)37)23-8-9-24(34)31-26(23)36/h4-7,12-13,23H,8-11,14-16H2,1-3H3,(H,30,35)(H,31,34,36). The molecule has 39 heavy (non-hydrogen) atoms. The van der Waals surface area contributed by atoms with Crippen LogP contribution in [0, 0.1) is 0 Å². The van der Waals surface area contributed by atoms with Gasteiger partial charge in [-0.05, 0) is 74.1 Å². The molecule has 3 aliphatic rings. The minimum Gasteiger partial charge on any atom is -0.444 e. The van der Waals surface area contributed by atoms with Crippen molar-refractivity contribution in [2.24, 2.45) is 0 Å². The Morgan fingerprint density at radius 1 is 1.00 bits per heavy atom. The second-order valence-corrected chi connectivity index (χ2v) is 11.2. The van der Waals surface area contributed by atoms with Gasteiger partial charge in [0.15, 0.2) is 0 Å². The summed E-state index contributed by atoms with van der Waals surface area (Å²) >= 11 is 0. The van der Waals surface area contributed by atoms with E-state index in [1.54, 1.807) is 23.1 Å². The van der Waals surface area contributed by atoms with Crippen molar-refractivity contribution < 1.29 is 28.7 Å². The molecule has 5 rings (SSSR count). The number of nitrogens with zero attached hydrogens (tertiary/aromatic N) is 2. The van der Waals surface area contributed by atoms with E-state index in [-0.39, 0.29) is 43.3 Å². The summed E-state index contributed by atoms with van der Waals surface area (Å²) in [5.74, 6) is -1.24. The first kappa shape index (κ1) is 26.4. The first-order chi connectivity index (χ1) is 18.5. The lowest BCUT2D eigenvalue weighted by Crippen LogP contribution is -2.52. The van der Waals surface area contributed by atoms with Gasteiger partial charge in [0.1, 0.15) is 11.6 Å². The Hall–Kier alpha value is -4.21. The van der Waals surface area contributed by atoms with Gasteiger partial charge in [-0.25, -0.2) is 4.79 Å². The van der Waals surface area contributed by atoms with Crippen LogP contribution in [0.2, 0.25) is 0 Å². The Morgan fingerprint density at radius 3 is 2.54 bits per heavy atom. The van der Waals surface area contributed by atoms with Crippen molar-refractivity contribution in [1.82, 2.24) is 20.4 Å². The van der Waals surface area contributed by atoms with Crippen LogP contribution in [-0.2, 0) is 40.4 Å². The maximum absolute atomic E-state index is 13.0. The highest BCUT2D eigenvalue weighted by Crippen LogP contribution is 2.28. The molecule has 5 amide bonds. The monoisotopic (exact) mass is 532 g/mol. The Morgan fingerprint density at radius 2 is 1.79 bits per heavy atom. The molecule has 3 heterocycles. The third-order valence-corrected chi connectivity index (χ3v) is 7.17. The van der Waals surface area contributed by atoms with E-state index in [4.69, 9.17) is 4.74 Å². The maximum Gasteiger partial charge on any atom is 0.410 e. The topological polar surface area (TPSA) is 125 Å². The van der Waals surface area contributed by atoms with Gasteiger partial charge >= 0.3 is 6.09 Å². The number of ether oxygens (including phenoxy) is 1. The number of imide groups is 1. The van der Waals surface area contributed by atoms with Gasteiger partial charge in [0, 0.05) is 43.7 Å². The number of rotatable bonds is 4. The quantitative estimate of drug-likeness (QED) is 0.584. The van der Waals surface area contributed by atoms with Crippen molar-refractivity contribution in [3.63, 3.8) is 0 Å². The zero-order chi connectivity index (χ0) is 27.9. The molecule has 0 radical (unpaired) electrons. The van der Waals surface area contributed by atoms with E-state index in [9.17, 15) is 24.0 Å². The van der Waals surface area contributed by atoms with Crippen LogP contribution in [0.5, 0.6) is 0 Å². The fourth-order valence-corrected chi connectivity index (χ4v) is 5.20. The number of piperidine rings is 1. The average Bonchev–Trinajstić information content (AvgIpc) is 3.20. The molecule has 0 bridgehead atoms. The molecular weight excluding hydrogens is 500 g/mol. The molecule has 2 aromatic rings. The van der Waals surface area contributed by atoms with Gasteiger partial charge in [-0.2, -0.15) is 0 Å². The minimum atomic E-state index is -0.666. The van der Waals surface area contributed by atoms with Crippen molar-refractivity contribution in [3.8, 4) is 0 Å². The van der Waals surface area contributed by atoms with Crippen LogP contribution < -0.4 is 10.6 Å². The molecule has 0 aromatic heterocycles. The van der Waals surface area contributed by atoms with Crippen molar-refractivity contribution in [3.05, 3.63) is 69.8 Å². The Bertz CT molecular complexity index is 1380. The summed E-state index contributed by atoms with van der Waals surface area (Å²) in [6.45, 7) is 6.99. The summed E-state index contributed by atoms with van der Waals surface area (Å²) in [6, 6.07) is 10.2. The zero-order valence-electron chi connectivity index (χ0n) is 22.3. The molecule has 1 fully saturated rings. The number of hydrogen-bond donors (Lipinski definition) is 2. The summed E-state index contributed by atoms with van der Waals surface area (Å²) in [4.78, 5) is 65.3. The lowest BCUT2D eigenvalue weighted by atomic mass is 9.97. The number of fused-ring (bicyclic) bond motifs is 2. The highest BCUT2D eigenvalue weighted by atomic mass is 16.6. The van der Waals surface area contributed by atoms with Crippen LogP contribution in [0.3, 0.4) is 0 Å². The fourth-order valence-electron chi connectivity index (χ4n) is 5.20. The number of benzene rings is 2. The van der Waals surface area contributed by atoms with Crippen molar-refractivity contribution in [2.75, 3.05) is 6.54 Å². The second kappa shape index (κ2) is 10.2. The molecule has 10 heteroatoms. The molecule has 2 N–H and O–H groups in total. The zero-order valence-corrected chi connectivity index (χ0v) is 22.3. The molecule has 2 aromatic carbocycles. The molecule has 0 aliphatic carbocycles. The van der Waals surface area contributed by atoms with E-state index in [0.717, 1.165) is 22.3 Å². The van der Waals surface area contributed by atoms with E-state index >= 15 is 0 Å². The van der Waals surface area contributed by atoms with Crippen molar-refractivity contribution >= 4 is 29.7 Å². The fraction of sp³-hybridized carbons (Fsp3) is 0.414. The summed E-state index contributed by atoms with van der Waals surface area (Å²) < 4.78 is 5.50. The average molecular weight is 533 g/mol. The summed E-state index contributed by atoms with van der Waals surface area (Å²) in [5, 5.41) is 5.24. The molecule has 204 valence electrons.